The summed E-state index contributed by atoms with van der Waals surface area (Å²) in [5, 5.41) is 9.03. The van der Waals surface area contributed by atoms with Crippen molar-refractivity contribution in [3.8, 4) is 11.5 Å². The number of carboxylic acids is 1. The Balaban J connectivity index is 2.23. The van der Waals surface area contributed by atoms with Crippen LogP contribution in [0.5, 0.6) is 11.5 Å². The van der Waals surface area contributed by atoms with Gasteiger partial charge >= 0.3 is 12.1 Å². The predicted molar refractivity (Wildman–Crippen MR) is 63.2 cm³/mol. The first-order chi connectivity index (χ1) is 9.31. The fourth-order valence-corrected chi connectivity index (χ4v) is 1.86. The highest BCUT2D eigenvalue weighted by atomic mass is 19.4. The maximum atomic E-state index is 12.8. The van der Waals surface area contributed by atoms with E-state index in [0.717, 1.165) is 0 Å². The fourth-order valence-electron chi connectivity index (χ4n) is 1.86. The molecule has 0 spiro atoms. The molecule has 1 saturated carbocycles. The number of methoxy groups -OCH3 is 1. The number of hydrogen-bond donors (Lipinski definition) is 1. The Labute approximate surface area is 113 Å². The number of rotatable bonds is 5. The third kappa shape index (κ3) is 2.52. The van der Waals surface area contributed by atoms with Crippen LogP contribution in [-0.2, 0) is 0 Å². The van der Waals surface area contributed by atoms with E-state index >= 15 is 0 Å². The van der Waals surface area contributed by atoms with Crippen LogP contribution in [0.1, 0.15) is 23.2 Å². The summed E-state index contributed by atoms with van der Waals surface area (Å²) in [4.78, 5) is 11.1. The molecule has 0 bridgehead atoms. The Hall–Kier alpha value is -1.92. The van der Waals surface area contributed by atoms with Gasteiger partial charge in [-0.3, -0.25) is 0 Å². The normalized spacial score (nSPS) is 16.6. The Morgan fingerprint density at radius 1 is 1.40 bits per heavy atom. The first kappa shape index (κ1) is 14.5. The molecule has 0 radical (unpaired) electrons. The van der Waals surface area contributed by atoms with E-state index in [4.69, 9.17) is 14.6 Å². The van der Waals surface area contributed by atoms with Crippen molar-refractivity contribution in [2.75, 3.05) is 13.7 Å². The molecule has 1 aromatic carbocycles. The molecular weight excluding hydrogens is 277 g/mol. The van der Waals surface area contributed by atoms with E-state index in [0.29, 0.717) is 0 Å². The smallest absolute Gasteiger partial charge is 0.397 e. The maximum Gasteiger partial charge on any atom is 0.397 e. The summed E-state index contributed by atoms with van der Waals surface area (Å²) in [6.45, 7) is -0.600. The van der Waals surface area contributed by atoms with Crippen LogP contribution in [0, 0.1) is 5.41 Å². The van der Waals surface area contributed by atoms with Gasteiger partial charge in [0, 0.05) is 0 Å². The molecule has 2 rings (SSSR count). The van der Waals surface area contributed by atoms with Crippen molar-refractivity contribution >= 4 is 5.97 Å². The van der Waals surface area contributed by atoms with Crippen LogP contribution >= 0.6 is 0 Å². The van der Waals surface area contributed by atoms with Crippen molar-refractivity contribution in [2.24, 2.45) is 5.41 Å². The molecule has 0 saturated heterocycles. The molecule has 110 valence electrons. The third-order valence-corrected chi connectivity index (χ3v) is 3.38. The SMILES string of the molecule is COc1cccc(C(=O)O)c1OCC1(C(F)(F)F)CC1. The summed E-state index contributed by atoms with van der Waals surface area (Å²) < 4.78 is 48.5. The van der Waals surface area contributed by atoms with Crippen LogP contribution in [-0.4, -0.2) is 31.0 Å². The van der Waals surface area contributed by atoms with E-state index in [2.05, 4.69) is 0 Å². The summed E-state index contributed by atoms with van der Waals surface area (Å²) in [7, 11) is 1.30. The lowest BCUT2D eigenvalue weighted by atomic mass is 10.1. The number of carboxylic acid groups (broad SMARTS) is 1. The predicted octanol–water partition coefficient (Wildman–Crippen LogP) is 3.11. The fraction of sp³-hybridized carbons (Fsp3) is 0.462. The molecule has 0 atom stereocenters. The van der Waals surface area contributed by atoms with Gasteiger partial charge in [0.1, 0.15) is 17.6 Å². The zero-order chi connectivity index (χ0) is 15.0. The minimum atomic E-state index is -4.35. The molecule has 0 aliphatic heterocycles. The van der Waals surface area contributed by atoms with Crippen LogP contribution in [0.2, 0.25) is 0 Å². The van der Waals surface area contributed by atoms with Gasteiger partial charge in [0.05, 0.1) is 7.11 Å². The molecule has 1 N–H and O–H groups in total. The molecule has 1 aliphatic rings. The van der Waals surface area contributed by atoms with Gasteiger partial charge in [-0.25, -0.2) is 4.79 Å². The van der Waals surface area contributed by atoms with E-state index in [-0.39, 0.29) is 29.9 Å². The van der Waals surface area contributed by atoms with E-state index in [1.165, 1.54) is 25.3 Å². The summed E-state index contributed by atoms with van der Waals surface area (Å²) in [5.41, 5.74) is -2.08. The molecule has 20 heavy (non-hydrogen) atoms. The van der Waals surface area contributed by atoms with Crippen molar-refractivity contribution in [2.45, 2.75) is 19.0 Å². The lowest BCUT2D eigenvalue weighted by Gasteiger charge is -2.21. The molecule has 0 unspecified atom stereocenters. The zero-order valence-electron chi connectivity index (χ0n) is 10.7. The van der Waals surface area contributed by atoms with Crippen LogP contribution < -0.4 is 9.47 Å². The molecule has 4 nitrogen and oxygen atoms in total. The van der Waals surface area contributed by atoms with Crippen molar-refractivity contribution in [3.63, 3.8) is 0 Å². The lowest BCUT2D eigenvalue weighted by Crippen LogP contribution is -2.30. The minimum Gasteiger partial charge on any atom is -0.493 e. The summed E-state index contributed by atoms with van der Waals surface area (Å²) in [6, 6.07) is 4.13. The monoisotopic (exact) mass is 290 g/mol. The first-order valence-electron chi connectivity index (χ1n) is 5.90. The van der Waals surface area contributed by atoms with Gasteiger partial charge in [-0.15, -0.1) is 0 Å². The summed E-state index contributed by atoms with van der Waals surface area (Å²) in [6.07, 6.45) is -4.36. The van der Waals surface area contributed by atoms with Gasteiger partial charge in [-0.1, -0.05) is 6.07 Å². The summed E-state index contributed by atoms with van der Waals surface area (Å²) in [5.74, 6) is -1.35. The van der Waals surface area contributed by atoms with Gasteiger partial charge < -0.3 is 14.6 Å². The van der Waals surface area contributed by atoms with E-state index in [1.807, 2.05) is 0 Å². The highest BCUT2D eigenvalue weighted by molar-refractivity contribution is 5.92. The summed E-state index contributed by atoms with van der Waals surface area (Å²) >= 11 is 0. The number of carbonyl (C=O) groups is 1. The Bertz CT molecular complexity index is 521. The second-order valence-corrected chi connectivity index (χ2v) is 4.71. The number of halogens is 3. The van der Waals surface area contributed by atoms with E-state index < -0.39 is 24.2 Å². The molecule has 1 fully saturated rings. The first-order valence-corrected chi connectivity index (χ1v) is 5.90. The van der Waals surface area contributed by atoms with Gasteiger partial charge in [-0.05, 0) is 25.0 Å². The largest absolute Gasteiger partial charge is 0.493 e. The average molecular weight is 290 g/mol. The molecule has 0 heterocycles. The number of hydrogen-bond acceptors (Lipinski definition) is 3. The molecule has 0 aromatic heterocycles. The molecule has 1 aromatic rings. The minimum absolute atomic E-state index is 0.00590. The second kappa shape index (κ2) is 4.88. The van der Waals surface area contributed by atoms with Crippen LogP contribution in [0.15, 0.2) is 18.2 Å². The number of aromatic carboxylic acids is 1. The Kier molecular flexibility index (Phi) is 3.54. The van der Waals surface area contributed by atoms with Gasteiger partial charge in [-0.2, -0.15) is 13.2 Å². The van der Waals surface area contributed by atoms with Crippen LogP contribution in [0.25, 0.3) is 0 Å². The third-order valence-electron chi connectivity index (χ3n) is 3.38. The van der Waals surface area contributed by atoms with E-state index in [9.17, 15) is 18.0 Å². The average Bonchev–Trinajstić information content (AvgIpc) is 3.16. The number of benzene rings is 1. The molecular formula is C13H13F3O4. The van der Waals surface area contributed by atoms with E-state index in [1.54, 1.807) is 0 Å². The van der Waals surface area contributed by atoms with Gasteiger partial charge in [0.2, 0.25) is 0 Å². The molecule has 7 heteroatoms. The number of ether oxygens (including phenoxy) is 2. The van der Waals surface area contributed by atoms with Crippen LogP contribution in [0.3, 0.4) is 0 Å². The van der Waals surface area contributed by atoms with Crippen molar-refractivity contribution in [1.29, 1.82) is 0 Å². The highest BCUT2D eigenvalue weighted by Crippen LogP contribution is 2.57. The van der Waals surface area contributed by atoms with Crippen molar-refractivity contribution in [3.05, 3.63) is 23.8 Å². The van der Waals surface area contributed by atoms with Crippen molar-refractivity contribution in [1.82, 2.24) is 0 Å². The van der Waals surface area contributed by atoms with Crippen LogP contribution in [0.4, 0.5) is 13.2 Å². The van der Waals surface area contributed by atoms with Gasteiger partial charge in [0.15, 0.2) is 11.5 Å². The topological polar surface area (TPSA) is 55.8 Å². The van der Waals surface area contributed by atoms with Gasteiger partial charge in [0.25, 0.3) is 0 Å². The quantitative estimate of drug-likeness (QED) is 0.905. The second-order valence-electron chi connectivity index (χ2n) is 4.71. The Morgan fingerprint density at radius 3 is 2.50 bits per heavy atom. The molecule has 1 aliphatic carbocycles. The highest BCUT2D eigenvalue weighted by Gasteiger charge is 2.64. The Morgan fingerprint density at radius 2 is 2.05 bits per heavy atom. The number of para-hydroxylation sites is 1. The standard InChI is InChI=1S/C13H13F3O4/c1-19-9-4-2-3-8(11(17)18)10(9)20-7-12(5-6-12)13(14,15)16/h2-4H,5-7H2,1H3,(H,17,18). The van der Waals surface area contributed by atoms with Crippen molar-refractivity contribution < 1.29 is 32.5 Å². The zero-order valence-corrected chi connectivity index (χ0v) is 10.7. The maximum absolute atomic E-state index is 12.8. The number of alkyl halides is 3. The molecule has 0 amide bonds. The lowest BCUT2D eigenvalue weighted by molar-refractivity contribution is -0.194.